The van der Waals surface area contributed by atoms with Crippen LogP contribution in [0.25, 0.3) is 0 Å². The molecule has 7 heteroatoms. The average Bonchev–Trinajstić information content (AvgIpc) is 3.18. The molecule has 0 saturated carbocycles. The van der Waals surface area contributed by atoms with Gasteiger partial charge >= 0.3 is 0 Å². The molecule has 6 nitrogen and oxygen atoms in total. The van der Waals surface area contributed by atoms with Crippen LogP contribution in [0.3, 0.4) is 0 Å². The Bertz CT molecular complexity index is 797. The molecule has 2 aromatic rings. The number of nitrogens with one attached hydrogen (secondary N) is 1. The highest BCUT2D eigenvalue weighted by Crippen LogP contribution is 2.42. The number of fused-ring (bicyclic) bond motifs is 2. The van der Waals surface area contributed by atoms with Crippen LogP contribution in [0.1, 0.15) is 41.5 Å². The molecule has 2 aliphatic heterocycles. The van der Waals surface area contributed by atoms with Gasteiger partial charge in [0.2, 0.25) is 0 Å². The fourth-order valence-electron chi connectivity index (χ4n) is 4.50. The van der Waals surface area contributed by atoms with E-state index in [0.29, 0.717) is 5.56 Å². The minimum Gasteiger partial charge on any atom is -0.348 e. The number of hydrogen-bond acceptors (Lipinski definition) is 5. The van der Waals surface area contributed by atoms with Gasteiger partial charge in [0.25, 0.3) is 5.91 Å². The van der Waals surface area contributed by atoms with Gasteiger partial charge in [-0.15, -0.1) is 11.8 Å². The monoisotopic (exact) mass is 371 g/mol. The number of carbonyl (C=O) groups is 1. The Kier molecular flexibility index (Phi) is 4.75. The number of rotatable bonds is 3. The normalized spacial score (nSPS) is 19.5. The average molecular weight is 372 g/mol. The number of imidazole rings is 1. The second-order valence-electron chi connectivity index (χ2n) is 6.94. The number of thioether (sulfide) groups is 1. The SMILES string of the molecule is CCN1CCc2[nH]cnc2C12CCN(C(=O)c1cccnc1SC)CC2. The zero-order chi connectivity index (χ0) is 18.1. The molecule has 1 spiro atoms. The van der Waals surface area contributed by atoms with E-state index in [2.05, 4.69) is 26.8 Å². The summed E-state index contributed by atoms with van der Waals surface area (Å²) in [6.45, 7) is 5.80. The van der Waals surface area contributed by atoms with Crippen molar-refractivity contribution < 1.29 is 4.79 Å². The minimum absolute atomic E-state index is 0.0314. The van der Waals surface area contributed by atoms with Crippen molar-refractivity contribution in [2.24, 2.45) is 0 Å². The Morgan fingerprint density at radius 1 is 1.31 bits per heavy atom. The second-order valence-corrected chi connectivity index (χ2v) is 7.74. The molecule has 2 aromatic heterocycles. The van der Waals surface area contributed by atoms with Crippen molar-refractivity contribution in [3.8, 4) is 0 Å². The Balaban J connectivity index is 1.56. The van der Waals surface area contributed by atoms with E-state index in [9.17, 15) is 4.79 Å². The van der Waals surface area contributed by atoms with Gasteiger partial charge in [-0.3, -0.25) is 9.69 Å². The zero-order valence-corrected chi connectivity index (χ0v) is 16.2. The van der Waals surface area contributed by atoms with Crippen LogP contribution in [-0.2, 0) is 12.0 Å². The molecule has 0 aromatic carbocycles. The molecular weight excluding hydrogens is 346 g/mol. The molecule has 26 heavy (non-hydrogen) atoms. The van der Waals surface area contributed by atoms with Gasteiger partial charge in [0.05, 0.1) is 23.1 Å². The highest BCUT2D eigenvalue weighted by atomic mass is 32.2. The van der Waals surface area contributed by atoms with Crippen molar-refractivity contribution in [2.75, 3.05) is 32.4 Å². The lowest BCUT2D eigenvalue weighted by Crippen LogP contribution is -2.57. The fourth-order valence-corrected chi connectivity index (χ4v) is 5.04. The molecule has 2 aliphatic rings. The van der Waals surface area contributed by atoms with Crippen molar-refractivity contribution in [3.63, 3.8) is 0 Å². The van der Waals surface area contributed by atoms with E-state index in [4.69, 9.17) is 0 Å². The summed E-state index contributed by atoms with van der Waals surface area (Å²) in [4.78, 5) is 29.9. The van der Waals surface area contributed by atoms with Crippen LogP contribution < -0.4 is 0 Å². The van der Waals surface area contributed by atoms with E-state index in [1.807, 2.05) is 29.6 Å². The highest BCUT2D eigenvalue weighted by Gasteiger charge is 2.46. The number of hydrogen-bond donors (Lipinski definition) is 1. The number of carbonyl (C=O) groups excluding carboxylic acids is 1. The number of aromatic amines is 1. The quantitative estimate of drug-likeness (QED) is 0.840. The lowest BCUT2D eigenvalue weighted by atomic mass is 9.78. The summed E-state index contributed by atoms with van der Waals surface area (Å²) in [6.07, 6.45) is 8.42. The van der Waals surface area contributed by atoms with E-state index in [1.165, 1.54) is 23.1 Å². The summed E-state index contributed by atoms with van der Waals surface area (Å²) in [5.41, 5.74) is 3.15. The lowest BCUT2D eigenvalue weighted by Gasteiger charge is -2.50. The zero-order valence-electron chi connectivity index (χ0n) is 15.4. The molecular formula is C19H25N5OS. The van der Waals surface area contributed by atoms with Gasteiger partial charge in [-0.25, -0.2) is 9.97 Å². The summed E-state index contributed by atoms with van der Waals surface area (Å²) in [5, 5.41) is 0.806. The minimum atomic E-state index is -0.0314. The number of nitrogens with zero attached hydrogens (tertiary/aromatic N) is 4. The van der Waals surface area contributed by atoms with Crippen LogP contribution in [-0.4, -0.2) is 63.1 Å². The Hall–Kier alpha value is -1.86. The predicted molar refractivity (Wildman–Crippen MR) is 102 cm³/mol. The highest BCUT2D eigenvalue weighted by molar-refractivity contribution is 7.98. The molecule has 0 unspecified atom stereocenters. The summed E-state index contributed by atoms with van der Waals surface area (Å²) in [5.74, 6) is 0.0957. The summed E-state index contributed by atoms with van der Waals surface area (Å²) >= 11 is 1.52. The third-order valence-corrected chi connectivity index (χ3v) is 6.56. The first-order valence-corrected chi connectivity index (χ1v) is 10.5. The molecule has 1 fully saturated rings. The fraction of sp³-hybridized carbons (Fsp3) is 0.526. The van der Waals surface area contributed by atoms with Gasteiger partial charge in [0, 0.05) is 37.9 Å². The van der Waals surface area contributed by atoms with Gasteiger partial charge < -0.3 is 9.88 Å². The molecule has 1 amide bonds. The summed E-state index contributed by atoms with van der Waals surface area (Å²) in [7, 11) is 0. The van der Waals surface area contributed by atoms with E-state index in [0.717, 1.165) is 50.5 Å². The van der Waals surface area contributed by atoms with Crippen LogP contribution in [0, 0.1) is 0 Å². The standard InChI is InChI=1S/C19H25N5OS/c1-3-24-10-6-15-16(22-13-21-15)19(24)7-11-23(12-8-19)18(25)14-5-4-9-20-17(14)26-2/h4-5,9,13H,3,6-8,10-12H2,1-2H3,(H,21,22). The number of H-pyrrole nitrogens is 1. The Morgan fingerprint density at radius 2 is 2.12 bits per heavy atom. The predicted octanol–water partition coefficient (Wildman–Crippen LogP) is 2.54. The van der Waals surface area contributed by atoms with Crippen LogP contribution >= 0.6 is 11.8 Å². The topological polar surface area (TPSA) is 65.1 Å². The third kappa shape index (κ3) is 2.74. The molecule has 0 bridgehead atoms. The summed E-state index contributed by atoms with van der Waals surface area (Å²) in [6, 6.07) is 3.73. The molecule has 1 N–H and O–H groups in total. The first-order valence-electron chi connectivity index (χ1n) is 9.25. The number of amides is 1. The van der Waals surface area contributed by atoms with E-state index < -0.39 is 0 Å². The van der Waals surface area contributed by atoms with Crippen molar-refractivity contribution in [3.05, 3.63) is 41.6 Å². The molecule has 4 rings (SSSR count). The molecule has 0 atom stereocenters. The van der Waals surface area contributed by atoms with Crippen LogP contribution in [0.15, 0.2) is 29.7 Å². The number of aromatic nitrogens is 3. The van der Waals surface area contributed by atoms with Crippen LogP contribution in [0.2, 0.25) is 0 Å². The smallest absolute Gasteiger partial charge is 0.256 e. The van der Waals surface area contributed by atoms with E-state index >= 15 is 0 Å². The van der Waals surface area contributed by atoms with E-state index in [-0.39, 0.29) is 11.4 Å². The largest absolute Gasteiger partial charge is 0.348 e. The van der Waals surface area contributed by atoms with Gasteiger partial charge in [0.1, 0.15) is 5.03 Å². The molecule has 4 heterocycles. The van der Waals surface area contributed by atoms with Crippen molar-refractivity contribution in [1.29, 1.82) is 0 Å². The van der Waals surface area contributed by atoms with Gasteiger partial charge in [-0.1, -0.05) is 6.92 Å². The molecule has 0 radical (unpaired) electrons. The summed E-state index contributed by atoms with van der Waals surface area (Å²) < 4.78 is 0. The van der Waals surface area contributed by atoms with Crippen molar-refractivity contribution >= 4 is 17.7 Å². The third-order valence-electron chi connectivity index (χ3n) is 5.85. The Labute approximate surface area is 158 Å². The van der Waals surface area contributed by atoms with Gasteiger partial charge in [0.15, 0.2) is 0 Å². The lowest BCUT2D eigenvalue weighted by molar-refractivity contribution is 0.0101. The number of piperidine rings is 1. The van der Waals surface area contributed by atoms with E-state index in [1.54, 1.807) is 6.20 Å². The maximum absolute atomic E-state index is 13.0. The van der Waals surface area contributed by atoms with Crippen molar-refractivity contribution in [2.45, 2.75) is 36.8 Å². The second kappa shape index (κ2) is 7.04. The maximum atomic E-state index is 13.0. The number of likely N-dealkylation sites (tertiary alicyclic amines) is 1. The van der Waals surface area contributed by atoms with Crippen LogP contribution in [0.5, 0.6) is 0 Å². The maximum Gasteiger partial charge on any atom is 0.256 e. The molecule has 138 valence electrons. The van der Waals surface area contributed by atoms with Crippen LogP contribution in [0.4, 0.5) is 0 Å². The number of pyridine rings is 1. The number of likely N-dealkylation sites (N-methyl/N-ethyl adjacent to an activating group) is 1. The van der Waals surface area contributed by atoms with Gasteiger partial charge in [-0.2, -0.15) is 0 Å². The first-order chi connectivity index (χ1) is 12.7. The molecule has 1 saturated heterocycles. The first kappa shape index (κ1) is 17.5. The Morgan fingerprint density at radius 3 is 2.85 bits per heavy atom. The molecule has 0 aliphatic carbocycles. The van der Waals surface area contributed by atoms with Gasteiger partial charge in [-0.05, 0) is 37.8 Å². The van der Waals surface area contributed by atoms with Crippen molar-refractivity contribution in [1.82, 2.24) is 24.8 Å².